The lowest BCUT2D eigenvalue weighted by Crippen LogP contribution is -2.28. The first kappa shape index (κ1) is 16.2. The molecular weight excluding hydrogens is 456 g/mol. The van der Waals surface area contributed by atoms with E-state index in [-0.39, 0.29) is 23.8 Å². The lowest BCUT2D eigenvalue weighted by molar-refractivity contribution is 0.191. The fourth-order valence-electron chi connectivity index (χ4n) is 1.40. The van der Waals surface area contributed by atoms with E-state index >= 15 is 0 Å². The molecule has 0 unspecified atom stereocenters. The number of hydrogen-bond donors (Lipinski definition) is 2. The van der Waals surface area contributed by atoms with Crippen molar-refractivity contribution < 1.29 is 10.2 Å². The highest BCUT2D eigenvalue weighted by Gasteiger charge is 2.22. The molecule has 0 spiro atoms. The largest absolute Gasteiger partial charge is 0.506 e. The fourth-order valence-corrected chi connectivity index (χ4v) is 3.29. The molecule has 1 rings (SSSR count). The monoisotopic (exact) mass is 473 g/mol. The van der Waals surface area contributed by atoms with Crippen LogP contribution in [-0.2, 0) is 0 Å². The van der Waals surface area contributed by atoms with Crippen LogP contribution in [0.25, 0.3) is 0 Å². The van der Waals surface area contributed by atoms with Gasteiger partial charge in [-0.15, -0.1) is 0 Å². The number of aromatic hydroxyl groups is 1. The Morgan fingerprint density at radius 3 is 2.44 bits per heavy atom. The number of phenolic OH excluding ortho intramolecular Hbond substituents is 1. The third-order valence-electron chi connectivity index (χ3n) is 2.62. The van der Waals surface area contributed by atoms with Gasteiger partial charge in [-0.25, -0.2) is 0 Å². The molecule has 0 aliphatic heterocycles. The SMILES string of the molecule is CC(C)(C)[C@H](CO)/N=C/c1cc(I)cc(I)c1O. The zero-order valence-electron chi connectivity index (χ0n) is 10.6. The van der Waals surface area contributed by atoms with Crippen LogP contribution in [0, 0.1) is 12.6 Å². The van der Waals surface area contributed by atoms with E-state index in [1.807, 2.05) is 32.9 Å². The Morgan fingerprint density at radius 2 is 1.94 bits per heavy atom. The van der Waals surface area contributed by atoms with Gasteiger partial charge in [-0.1, -0.05) is 20.8 Å². The van der Waals surface area contributed by atoms with Crippen molar-refractivity contribution in [3.8, 4) is 5.75 Å². The highest BCUT2D eigenvalue weighted by molar-refractivity contribution is 14.1. The number of aliphatic hydroxyl groups excluding tert-OH is 1. The van der Waals surface area contributed by atoms with Crippen LogP contribution in [-0.4, -0.2) is 29.1 Å². The molecule has 1 aromatic rings. The summed E-state index contributed by atoms with van der Waals surface area (Å²) in [5, 5.41) is 19.3. The molecule has 0 saturated carbocycles. The van der Waals surface area contributed by atoms with E-state index in [0.29, 0.717) is 5.56 Å². The minimum Gasteiger partial charge on any atom is -0.506 e. The summed E-state index contributed by atoms with van der Waals surface area (Å²) in [4.78, 5) is 4.39. The Hall–Kier alpha value is 0.110. The molecule has 2 N–H and O–H groups in total. The molecule has 1 aromatic carbocycles. The van der Waals surface area contributed by atoms with Gasteiger partial charge in [0.15, 0.2) is 0 Å². The number of halogens is 2. The third kappa shape index (κ3) is 4.34. The Labute approximate surface area is 135 Å². The summed E-state index contributed by atoms with van der Waals surface area (Å²) in [6, 6.07) is 3.60. The van der Waals surface area contributed by atoms with Gasteiger partial charge in [0.1, 0.15) is 5.75 Å². The van der Waals surface area contributed by atoms with Crippen molar-refractivity contribution in [1.29, 1.82) is 0 Å². The quantitative estimate of drug-likeness (QED) is 0.523. The molecule has 0 aliphatic rings. The van der Waals surface area contributed by atoms with Gasteiger partial charge in [-0.3, -0.25) is 4.99 Å². The van der Waals surface area contributed by atoms with Crippen LogP contribution in [0.3, 0.4) is 0 Å². The Bertz CT molecular complexity index is 453. The predicted octanol–water partition coefficient (Wildman–Crippen LogP) is 3.43. The van der Waals surface area contributed by atoms with Crippen LogP contribution in [0.1, 0.15) is 26.3 Å². The lowest BCUT2D eigenvalue weighted by atomic mass is 9.88. The summed E-state index contributed by atoms with van der Waals surface area (Å²) >= 11 is 4.30. The molecule has 0 bridgehead atoms. The van der Waals surface area contributed by atoms with Crippen molar-refractivity contribution in [2.45, 2.75) is 26.8 Å². The van der Waals surface area contributed by atoms with Crippen LogP contribution < -0.4 is 0 Å². The maximum atomic E-state index is 9.95. The maximum Gasteiger partial charge on any atom is 0.137 e. The normalized spacial score (nSPS) is 14.1. The summed E-state index contributed by atoms with van der Waals surface area (Å²) in [5.41, 5.74) is 0.588. The topological polar surface area (TPSA) is 52.8 Å². The van der Waals surface area contributed by atoms with Gasteiger partial charge in [0.2, 0.25) is 0 Å². The molecule has 0 saturated heterocycles. The van der Waals surface area contributed by atoms with Crippen LogP contribution >= 0.6 is 45.2 Å². The number of aliphatic hydroxyl groups is 1. The van der Waals surface area contributed by atoms with E-state index in [2.05, 4.69) is 50.2 Å². The van der Waals surface area contributed by atoms with E-state index < -0.39 is 0 Å². The van der Waals surface area contributed by atoms with Crippen molar-refractivity contribution >= 4 is 51.4 Å². The van der Waals surface area contributed by atoms with Crippen molar-refractivity contribution in [3.05, 3.63) is 24.8 Å². The fraction of sp³-hybridized carbons (Fsp3) is 0.462. The summed E-state index contributed by atoms with van der Waals surface area (Å²) in [6.45, 7) is 6.10. The molecule has 18 heavy (non-hydrogen) atoms. The van der Waals surface area contributed by atoms with Crippen molar-refractivity contribution in [2.24, 2.45) is 10.4 Å². The maximum absolute atomic E-state index is 9.95. The highest BCUT2D eigenvalue weighted by atomic mass is 127. The minimum atomic E-state index is -0.174. The standard InChI is InChI=1S/C13H17I2NO2/c1-13(2,3)11(7-17)16-6-8-4-9(14)5-10(15)12(8)18/h4-6,11,17-18H,7H2,1-3H3/b16-6+/t11-/m0/s1. The molecule has 100 valence electrons. The van der Waals surface area contributed by atoms with Crippen LogP contribution in [0.2, 0.25) is 0 Å². The molecule has 1 atom stereocenters. The zero-order chi connectivity index (χ0) is 13.9. The van der Waals surface area contributed by atoms with Gasteiger partial charge in [0.05, 0.1) is 16.2 Å². The second-order valence-corrected chi connectivity index (χ2v) is 7.58. The van der Waals surface area contributed by atoms with Crippen molar-refractivity contribution in [2.75, 3.05) is 6.61 Å². The Balaban J connectivity index is 3.04. The summed E-state index contributed by atoms with van der Waals surface area (Å²) in [6.07, 6.45) is 1.64. The average Bonchev–Trinajstić information content (AvgIpc) is 2.23. The Kier molecular flexibility index (Phi) is 5.85. The van der Waals surface area contributed by atoms with E-state index in [0.717, 1.165) is 7.14 Å². The van der Waals surface area contributed by atoms with Gasteiger partial charge in [0.25, 0.3) is 0 Å². The number of hydrogen-bond acceptors (Lipinski definition) is 3. The molecule has 0 fully saturated rings. The van der Waals surface area contributed by atoms with E-state index in [1.165, 1.54) is 0 Å². The van der Waals surface area contributed by atoms with Crippen LogP contribution in [0.15, 0.2) is 17.1 Å². The number of rotatable bonds is 3. The summed E-state index contributed by atoms with van der Waals surface area (Å²) in [5.74, 6) is 0.241. The van der Waals surface area contributed by atoms with E-state index in [9.17, 15) is 10.2 Å². The smallest absolute Gasteiger partial charge is 0.137 e. The first-order valence-corrected chi connectivity index (χ1v) is 7.73. The lowest BCUT2D eigenvalue weighted by Gasteiger charge is -2.25. The molecule has 0 aliphatic carbocycles. The van der Waals surface area contributed by atoms with Crippen molar-refractivity contribution in [3.63, 3.8) is 0 Å². The minimum absolute atomic E-state index is 0.00177. The van der Waals surface area contributed by atoms with Crippen molar-refractivity contribution in [1.82, 2.24) is 0 Å². The first-order chi connectivity index (χ1) is 8.25. The Morgan fingerprint density at radius 1 is 1.33 bits per heavy atom. The molecule has 0 aromatic heterocycles. The molecule has 0 radical (unpaired) electrons. The van der Waals surface area contributed by atoms with Gasteiger partial charge >= 0.3 is 0 Å². The predicted molar refractivity (Wildman–Crippen MR) is 91.5 cm³/mol. The average molecular weight is 473 g/mol. The van der Waals surface area contributed by atoms with Crippen LogP contribution in [0.5, 0.6) is 5.75 Å². The van der Waals surface area contributed by atoms with Gasteiger partial charge in [0, 0.05) is 15.3 Å². The second kappa shape index (κ2) is 6.51. The summed E-state index contributed by atoms with van der Waals surface area (Å²) in [7, 11) is 0. The van der Waals surface area contributed by atoms with Gasteiger partial charge in [-0.2, -0.15) is 0 Å². The molecule has 3 nitrogen and oxygen atoms in total. The molecule has 0 amide bonds. The van der Waals surface area contributed by atoms with Gasteiger partial charge in [-0.05, 0) is 62.7 Å². The zero-order valence-corrected chi connectivity index (χ0v) is 14.9. The van der Waals surface area contributed by atoms with Crippen LogP contribution in [0.4, 0.5) is 0 Å². The number of phenols is 1. The molecular formula is C13H17I2NO2. The van der Waals surface area contributed by atoms with E-state index in [4.69, 9.17) is 0 Å². The number of benzene rings is 1. The summed E-state index contributed by atoms with van der Waals surface area (Å²) < 4.78 is 1.85. The van der Waals surface area contributed by atoms with E-state index in [1.54, 1.807) is 6.21 Å². The first-order valence-electron chi connectivity index (χ1n) is 5.57. The third-order valence-corrected chi connectivity index (χ3v) is 4.07. The highest BCUT2D eigenvalue weighted by Crippen LogP contribution is 2.27. The molecule has 0 heterocycles. The second-order valence-electron chi connectivity index (χ2n) is 5.17. The number of nitrogens with zero attached hydrogens (tertiary/aromatic N) is 1. The molecule has 5 heteroatoms. The number of aliphatic imine (C=N–C) groups is 1. The van der Waals surface area contributed by atoms with Gasteiger partial charge < -0.3 is 10.2 Å².